The van der Waals surface area contributed by atoms with Crippen molar-refractivity contribution >= 4 is 17.5 Å². The number of hydrogen-bond donors (Lipinski definition) is 2. The van der Waals surface area contributed by atoms with Crippen LogP contribution >= 0.6 is 0 Å². The zero-order valence-corrected chi connectivity index (χ0v) is 24.9. The summed E-state index contributed by atoms with van der Waals surface area (Å²) in [6.45, 7) is 1.53. The van der Waals surface area contributed by atoms with Crippen LogP contribution in [0.15, 0.2) is 41.4 Å². The third kappa shape index (κ3) is 6.62. The Morgan fingerprint density at radius 1 is 1.21 bits per heavy atom. The molecule has 5 heterocycles. The van der Waals surface area contributed by atoms with E-state index in [0.29, 0.717) is 17.0 Å². The number of pyridine rings is 1. The van der Waals surface area contributed by atoms with Gasteiger partial charge in [0.25, 0.3) is 5.91 Å². The summed E-state index contributed by atoms with van der Waals surface area (Å²) in [4.78, 5) is 35.1. The lowest BCUT2D eigenvalue weighted by Gasteiger charge is -2.33. The molecule has 1 saturated heterocycles. The maximum atomic E-state index is 14.0. The third-order valence-electron chi connectivity index (χ3n) is 8.89. The summed E-state index contributed by atoms with van der Waals surface area (Å²) in [6.07, 6.45) is -1.71. The van der Waals surface area contributed by atoms with Crippen LogP contribution in [0.3, 0.4) is 0 Å². The number of fused-ring (bicyclic) bond motifs is 1. The van der Waals surface area contributed by atoms with Crippen molar-refractivity contribution in [2.75, 3.05) is 0 Å². The number of nitriles is 1. The van der Waals surface area contributed by atoms with E-state index < -0.39 is 53.8 Å². The molecule has 2 N–H and O–H groups in total. The van der Waals surface area contributed by atoms with Crippen LogP contribution in [0.1, 0.15) is 76.8 Å². The molecule has 0 bridgehead atoms. The Morgan fingerprint density at radius 2 is 1.98 bits per heavy atom. The van der Waals surface area contributed by atoms with Crippen LogP contribution in [-0.4, -0.2) is 59.9 Å². The van der Waals surface area contributed by atoms with E-state index in [4.69, 9.17) is 5.26 Å². The number of aromatic nitrogens is 6. The summed E-state index contributed by atoms with van der Waals surface area (Å²) < 4.78 is 75.4. The van der Waals surface area contributed by atoms with Crippen molar-refractivity contribution in [3.8, 4) is 6.07 Å². The van der Waals surface area contributed by atoms with E-state index in [1.54, 1.807) is 12.3 Å². The lowest BCUT2D eigenvalue weighted by molar-refractivity contribution is -0.155. The summed E-state index contributed by atoms with van der Waals surface area (Å²) in [5.41, 5.74) is 0.275. The molecule has 6 rings (SSSR count). The van der Waals surface area contributed by atoms with Crippen molar-refractivity contribution in [1.29, 1.82) is 5.26 Å². The first-order valence-corrected chi connectivity index (χ1v) is 14.8. The molecule has 0 spiro atoms. The summed E-state index contributed by atoms with van der Waals surface area (Å²) >= 11 is 0. The second kappa shape index (κ2) is 12.0. The number of aryl methyl sites for hydroxylation is 1. The summed E-state index contributed by atoms with van der Waals surface area (Å²) in [5, 5.41) is 25.6. The third-order valence-corrected chi connectivity index (χ3v) is 8.89. The molecule has 1 saturated carbocycles. The first-order chi connectivity index (χ1) is 22.2. The van der Waals surface area contributed by atoms with Gasteiger partial charge in [-0.25, -0.2) is 22.9 Å². The standard InChI is InChI=1S/C30H28F5N9O3/c1-16-24(43-47-42-16)26(45)41-25(19-4-6-29(31,32)7-5-19)21-15-44-23(39-21)8-18(14-38-44)9-28(10-20-3-2-17(12-36)13-37-20)11-22(30(33,34)35)40-27(28)46/h2-3,8,13-15,19,22,25H,4-7,9-11H2,1H3,(H,40,46)(H,41,45)/t22-,25-,28+/m0/s1. The molecule has 4 aromatic heterocycles. The number of rotatable bonds is 8. The summed E-state index contributed by atoms with van der Waals surface area (Å²) in [5.74, 6) is -4.62. The Hall–Kier alpha value is -5.01. The smallest absolute Gasteiger partial charge is 0.344 e. The van der Waals surface area contributed by atoms with E-state index in [0.717, 1.165) is 0 Å². The Labute approximate surface area is 263 Å². The van der Waals surface area contributed by atoms with Crippen molar-refractivity contribution in [2.24, 2.45) is 11.3 Å². The highest BCUT2D eigenvalue weighted by atomic mass is 19.4. The lowest BCUT2D eigenvalue weighted by Crippen LogP contribution is -2.39. The minimum absolute atomic E-state index is 0.0608. The molecular formula is C30H28F5N9O3. The molecule has 1 aliphatic carbocycles. The molecule has 0 radical (unpaired) electrons. The minimum Gasteiger partial charge on any atom is -0.344 e. The van der Waals surface area contributed by atoms with E-state index in [9.17, 15) is 31.5 Å². The van der Waals surface area contributed by atoms with Gasteiger partial charge in [-0.05, 0) is 67.4 Å². The number of imidazole rings is 1. The van der Waals surface area contributed by atoms with Crippen LogP contribution < -0.4 is 10.6 Å². The highest BCUT2D eigenvalue weighted by Gasteiger charge is 2.55. The van der Waals surface area contributed by atoms with E-state index in [1.165, 1.54) is 36.0 Å². The Morgan fingerprint density at radius 3 is 2.60 bits per heavy atom. The Bertz CT molecular complexity index is 1840. The van der Waals surface area contributed by atoms with Gasteiger partial charge in [0.2, 0.25) is 11.8 Å². The number of nitrogens with zero attached hydrogens (tertiary/aromatic N) is 7. The predicted octanol–water partition coefficient (Wildman–Crippen LogP) is 4.21. The topological polar surface area (TPSA) is 164 Å². The lowest BCUT2D eigenvalue weighted by atomic mass is 9.75. The van der Waals surface area contributed by atoms with E-state index >= 15 is 0 Å². The Kier molecular flexibility index (Phi) is 8.14. The molecule has 246 valence electrons. The molecule has 12 nitrogen and oxygen atoms in total. The minimum atomic E-state index is -4.67. The van der Waals surface area contributed by atoms with Crippen molar-refractivity contribution in [3.05, 3.63) is 70.7 Å². The second-order valence-electron chi connectivity index (χ2n) is 12.2. The van der Waals surface area contributed by atoms with Crippen LogP contribution in [0, 0.1) is 29.6 Å². The fourth-order valence-electron chi connectivity index (χ4n) is 6.40. The molecule has 17 heteroatoms. The zero-order chi connectivity index (χ0) is 33.6. The Balaban J connectivity index is 1.31. The number of alkyl halides is 5. The highest BCUT2D eigenvalue weighted by molar-refractivity contribution is 5.93. The van der Waals surface area contributed by atoms with Gasteiger partial charge < -0.3 is 10.6 Å². The molecule has 2 amide bonds. The molecule has 0 unspecified atom stereocenters. The second-order valence-corrected chi connectivity index (χ2v) is 12.2. The van der Waals surface area contributed by atoms with E-state index in [1.807, 2.05) is 6.07 Å². The number of hydrogen-bond acceptors (Lipinski definition) is 9. The monoisotopic (exact) mass is 657 g/mol. The van der Waals surface area contributed by atoms with Crippen LogP contribution in [-0.2, 0) is 17.6 Å². The van der Waals surface area contributed by atoms with Crippen LogP contribution in [0.4, 0.5) is 22.0 Å². The molecule has 47 heavy (non-hydrogen) atoms. The number of carbonyl (C=O) groups is 2. The van der Waals surface area contributed by atoms with Gasteiger partial charge >= 0.3 is 6.18 Å². The molecule has 4 aromatic rings. The van der Waals surface area contributed by atoms with E-state index in [-0.39, 0.29) is 61.1 Å². The average molecular weight is 658 g/mol. The van der Waals surface area contributed by atoms with Gasteiger partial charge in [0.05, 0.1) is 35.1 Å². The van der Waals surface area contributed by atoms with Gasteiger partial charge in [0.1, 0.15) is 17.8 Å². The first-order valence-electron chi connectivity index (χ1n) is 14.8. The van der Waals surface area contributed by atoms with Crippen LogP contribution in [0.5, 0.6) is 0 Å². The average Bonchev–Trinajstić information content (AvgIpc) is 3.73. The van der Waals surface area contributed by atoms with Crippen LogP contribution in [0.2, 0.25) is 0 Å². The molecule has 2 fully saturated rings. The van der Waals surface area contributed by atoms with Crippen molar-refractivity contribution < 1.29 is 36.2 Å². The predicted molar refractivity (Wildman–Crippen MR) is 151 cm³/mol. The summed E-state index contributed by atoms with van der Waals surface area (Å²) in [6, 6.07) is 3.63. The van der Waals surface area contributed by atoms with Gasteiger partial charge in [0, 0.05) is 31.2 Å². The van der Waals surface area contributed by atoms with E-state index in [2.05, 4.69) is 40.6 Å². The molecule has 2 aliphatic rings. The maximum Gasteiger partial charge on any atom is 0.408 e. The van der Waals surface area contributed by atoms with Crippen molar-refractivity contribution in [2.45, 2.75) is 76.1 Å². The van der Waals surface area contributed by atoms with Crippen molar-refractivity contribution in [3.63, 3.8) is 0 Å². The fourth-order valence-corrected chi connectivity index (χ4v) is 6.40. The summed E-state index contributed by atoms with van der Waals surface area (Å²) in [7, 11) is 0. The number of halogens is 5. The van der Waals surface area contributed by atoms with Crippen molar-refractivity contribution in [1.82, 2.24) is 40.5 Å². The molecule has 1 aliphatic heterocycles. The highest BCUT2D eigenvalue weighted by Crippen LogP contribution is 2.43. The molecule has 3 atom stereocenters. The van der Waals surface area contributed by atoms with Gasteiger partial charge in [0.15, 0.2) is 11.3 Å². The molecular weight excluding hydrogens is 629 g/mol. The number of carbonyl (C=O) groups excluding carboxylic acids is 2. The SMILES string of the molecule is Cc1nonc1C(=O)N[C@H](c1cn2ncc(C[C@@]3(Cc4ccc(C#N)cn4)C[C@@H](C(F)(F)F)NC3=O)cc2n1)C1CCC(F)(F)CC1. The van der Waals surface area contributed by atoms with Gasteiger partial charge in [-0.1, -0.05) is 5.16 Å². The maximum absolute atomic E-state index is 14.0. The first kappa shape index (κ1) is 32.0. The van der Waals surface area contributed by atoms with Gasteiger partial charge in [-0.2, -0.15) is 23.5 Å². The normalized spacial score (nSPS) is 22.1. The zero-order valence-electron chi connectivity index (χ0n) is 24.9. The number of amides is 2. The largest absolute Gasteiger partial charge is 0.408 e. The van der Waals surface area contributed by atoms with Gasteiger partial charge in [-0.3, -0.25) is 14.6 Å². The number of nitrogens with one attached hydrogen (secondary N) is 2. The molecule has 0 aromatic carbocycles. The quantitative estimate of drug-likeness (QED) is 0.264. The fraction of sp³-hybridized carbons (Fsp3) is 0.467. The van der Waals surface area contributed by atoms with Crippen LogP contribution in [0.25, 0.3) is 5.65 Å². The van der Waals surface area contributed by atoms with Gasteiger partial charge in [-0.15, -0.1) is 0 Å².